The lowest BCUT2D eigenvalue weighted by molar-refractivity contribution is -0.134. The molecule has 7 nitrogen and oxygen atoms in total. The summed E-state index contributed by atoms with van der Waals surface area (Å²) >= 11 is 6.03. The highest BCUT2D eigenvalue weighted by Gasteiger charge is 2.28. The van der Waals surface area contributed by atoms with Crippen molar-refractivity contribution in [2.45, 2.75) is 31.8 Å². The zero-order valence-corrected chi connectivity index (χ0v) is 16.2. The Bertz CT molecular complexity index is 715. The molecule has 2 aliphatic rings. The van der Waals surface area contributed by atoms with Gasteiger partial charge in [0.2, 0.25) is 11.8 Å². The Balaban J connectivity index is 1.44. The molecule has 2 fully saturated rings. The predicted molar refractivity (Wildman–Crippen MR) is 103 cm³/mol. The highest BCUT2D eigenvalue weighted by Crippen LogP contribution is 2.18. The van der Waals surface area contributed by atoms with Crippen molar-refractivity contribution in [1.82, 2.24) is 20.4 Å². The molecule has 2 N–H and O–H groups in total. The highest BCUT2D eigenvalue weighted by molar-refractivity contribution is 6.33. The highest BCUT2D eigenvalue weighted by atomic mass is 35.5. The number of nitrogens with one attached hydrogen (secondary N) is 2. The fourth-order valence-corrected chi connectivity index (χ4v) is 3.31. The summed E-state index contributed by atoms with van der Waals surface area (Å²) in [6.07, 6.45) is 2.15. The number of hydrogen-bond acceptors (Lipinski definition) is 4. The van der Waals surface area contributed by atoms with Crippen molar-refractivity contribution >= 4 is 29.3 Å². The summed E-state index contributed by atoms with van der Waals surface area (Å²) in [6, 6.07) is 6.47. The van der Waals surface area contributed by atoms with Gasteiger partial charge in [-0.25, -0.2) is 0 Å². The van der Waals surface area contributed by atoms with Gasteiger partial charge in [-0.2, -0.15) is 0 Å². The minimum Gasteiger partial charge on any atom is -0.352 e. The van der Waals surface area contributed by atoms with Crippen LogP contribution in [0.2, 0.25) is 5.02 Å². The number of amides is 3. The third-order valence-corrected chi connectivity index (χ3v) is 5.16. The summed E-state index contributed by atoms with van der Waals surface area (Å²) in [5, 5.41) is 6.04. The Kier molecular flexibility index (Phi) is 6.34. The zero-order chi connectivity index (χ0) is 19.4. The van der Waals surface area contributed by atoms with Crippen molar-refractivity contribution in [3.63, 3.8) is 0 Å². The normalized spacial score (nSPS) is 18.7. The van der Waals surface area contributed by atoms with Gasteiger partial charge in [-0.15, -0.1) is 0 Å². The monoisotopic (exact) mass is 392 g/mol. The largest absolute Gasteiger partial charge is 0.352 e. The van der Waals surface area contributed by atoms with Gasteiger partial charge in [0.25, 0.3) is 5.91 Å². The van der Waals surface area contributed by atoms with Crippen molar-refractivity contribution in [3.05, 3.63) is 34.9 Å². The van der Waals surface area contributed by atoms with E-state index >= 15 is 0 Å². The van der Waals surface area contributed by atoms with Crippen molar-refractivity contribution < 1.29 is 14.4 Å². The molecular weight excluding hydrogens is 368 g/mol. The Morgan fingerprint density at radius 1 is 1.15 bits per heavy atom. The van der Waals surface area contributed by atoms with E-state index in [2.05, 4.69) is 15.5 Å². The molecule has 1 aliphatic carbocycles. The van der Waals surface area contributed by atoms with Gasteiger partial charge in [-0.3, -0.25) is 19.3 Å². The van der Waals surface area contributed by atoms with Crippen LogP contribution in [-0.4, -0.2) is 72.3 Å². The van der Waals surface area contributed by atoms with Crippen molar-refractivity contribution in [1.29, 1.82) is 0 Å². The molecule has 1 unspecified atom stereocenters. The zero-order valence-electron chi connectivity index (χ0n) is 15.4. The summed E-state index contributed by atoms with van der Waals surface area (Å²) in [7, 11) is 0. The van der Waals surface area contributed by atoms with E-state index in [1.165, 1.54) is 0 Å². The standard InChI is InChI=1S/C19H25ClN4O3/c1-13(21-18(26)15-4-2-3-5-16(15)20)19(27)24-10-8-23(9-11-24)12-17(25)22-14-6-7-14/h2-5,13-14H,6-12H2,1H3,(H,21,26)(H,22,25). The van der Waals surface area contributed by atoms with Crippen LogP contribution in [0, 0.1) is 0 Å². The summed E-state index contributed by atoms with van der Waals surface area (Å²) in [5.74, 6) is -0.438. The summed E-state index contributed by atoms with van der Waals surface area (Å²) in [4.78, 5) is 40.6. The second-order valence-electron chi connectivity index (χ2n) is 7.12. The van der Waals surface area contributed by atoms with Gasteiger partial charge in [0, 0.05) is 32.2 Å². The molecule has 0 bridgehead atoms. The maximum atomic E-state index is 12.6. The number of benzene rings is 1. The predicted octanol–water partition coefficient (Wildman–Crippen LogP) is 0.881. The van der Waals surface area contributed by atoms with Crippen LogP contribution in [0.1, 0.15) is 30.1 Å². The van der Waals surface area contributed by atoms with E-state index in [0.29, 0.717) is 49.4 Å². The first-order chi connectivity index (χ1) is 12.9. The van der Waals surface area contributed by atoms with Gasteiger partial charge < -0.3 is 15.5 Å². The van der Waals surface area contributed by atoms with E-state index < -0.39 is 6.04 Å². The first-order valence-electron chi connectivity index (χ1n) is 9.30. The molecular formula is C19H25ClN4O3. The Morgan fingerprint density at radius 2 is 1.81 bits per heavy atom. The molecule has 1 aromatic carbocycles. The first kappa shape index (κ1) is 19.6. The van der Waals surface area contributed by atoms with Gasteiger partial charge in [0.15, 0.2) is 0 Å². The van der Waals surface area contributed by atoms with Crippen LogP contribution < -0.4 is 10.6 Å². The minimum absolute atomic E-state index is 0.0534. The van der Waals surface area contributed by atoms with E-state index in [0.717, 1.165) is 12.8 Å². The molecule has 0 aromatic heterocycles. The third-order valence-electron chi connectivity index (χ3n) is 4.83. The molecule has 1 saturated carbocycles. The molecule has 0 radical (unpaired) electrons. The van der Waals surface area contributed by atoms with Crippen LogP contribution >= 0.6 is 11.6 Å². The van der Waals surface area contributed by atoms with Crippen LogP contribution in [0.3, 0.4) is 0 Å². The van der Waals surface area contributed by atoms with Gasteiger partial charge in [0.05, 0.1) is 17.1 Å². The molecule has 0 spiro atoms. The van der Waals surface area contributed by atoms with Crippen molar-refractivity contribution in [2.75, 3.05) is 32.7 Å². The third kappa shape index (κ3) is 5.43. The summed E-state index contributed by atoms with van der Waals surface area (Å²) in [5.41, 5.74) is 0.352. The summed E-state index contributed by atoms with van der Waals surface area (Å²) < 4.78 is 0. The molecule has 1 heterocycles. The average molecular weight is 393 g/mol. The van der Waals surface area contributed by atoms with Crippen molar-refractivity contribution in [2.24, 2.45) is 0 Å². The number of carbonyl (C=O) groups excluding carboxylic acids is 3. The second-order valence-corrected chi connectivity index (χ2v) is 7.53. The topological polar surface area (TPSA) is 81.8 Å². The lowest BCUT2D eigenvalue weighted by Gasteiger charge is -2.35. The van der Waals surface area contributed by atoms with Gasteiger partial charge in [-0.1, -0.05) is 23.7 Å². The molecule has 8 heteroatoms. The molecule has 1 atom stereocenters. The van der Waals surface area contributed by atoms with Crippen LogP contribution in [0.25, 0.3) is 0 Å². The van der Waals surface area contributed by atoms with Crippen molar-refractivity contribution in [3.8, 4) is 0 Å². The van der Waals surface area contributed by atoms with Gasteiger partial charge >= 0.3 is 0 Å². The molecule has 1 saturated heterocycles. The fourth-order valence-electron chi connectivity index (χ4n) is 3.09. The minimum atomic E-state index is -0.640. The number of carbonyl (C=O) groups is 3. The molecule has 1 aromatic rings. The Morgan fingerprint density at radius 3 is 2.44 bits per heavy atom. The van der Waals surface area contributed by atoms with E-state index in [-0.39, 0.29) is 17.7 Å². The second kappa shape index (κ2) is 8.71. The van der Waals surface area contributed by atoms with E-state index in [1.54, 1.807) is 36.1 Å². The number of nitrogens with zero attached hydrogens (tertiary/aromatic N) is 2. The summed E-state index contributed by atoms with van der Waals surface area (Å²) in [6.45, 7) is 4.43. The molecule has 3 rings (SSSR count). The van der Waals surface area contributed by atoms with E-state index in [9.17, 15) is 14.4 Å². The van der Waals surface area contributed by atoms with Crippen LogP contribution in [0.5, 0.6) is 0 Å². The number of hydrogen-bond donors (Lipinski definition) is 2. The van der Waals surface area contributed by atoms with Gasteiger partial charge in [0.1, 0.15) is 6.04 Å². The van der Waals surface area contributed by atoms with E-state index in [1.807, 2.05) is 0 Å². The Hall–Kier alpha value is -2.12. The van der Waals surface area contributed by atoms with Gasteiger partial charge in [-0.05, 0) is 31.9 Å². The van der Waals surface area contributed by atoms with E-state index in [4.69, 9.17) is 11.6 Å². The lowest BCUT2D eigenvalue weighted by Crippen LogP contribution is -2.55. The Labute approximate surface area is 164 Å². The molecule has 1 aliphatic heterocycles. The van der Waals surface area contributed by atoms with Crippen LogP contribution in [0.15, 0.2) is 24.3 Å². The lowest BCUT2D eigenvalue weighted by atomic mass is 10.2. The number of halogens is 1. The molecule has 146 valence electrons. The quantitative estimate of drug-likeness (QED) is 0.753. The SMILES string of the molecule is CC(NC(=O)c1ccccc1Cl)C(=O)N1CCN(CC(=O)NC2CC2)CC1. The number of piperazine rings is 1. The molecule has 3 amide bonds. The number of rotatable bonds is 6. The maximum absolute atomic E-state index is 12.6. The first-order valence-corrected chi connectivity index (χ1v) is 9.67. The molecule has 27 heavy (non-hydrogen) atoms. The van der Waals surface area contributed by atoms with Crippen LogP contribution in [0.4, 0.5) is 0 Å². The van der Waals surface area contributed by atoms with Crippen LogP contribution in [-0.2, 0) is 9.59 Å². The average Bonchev–Trinajstić information content (AvgIpc) is 3.45. The fraction of sp³-hybridized carbons (Fsp3) is 0.526. The maximum Gasteiger partial charge on any atom is 0.253 e. The smallest absolute Gasteiger partial charge is 0.253 e.